The van der Waals surface area contributed by atoms with Crippen molar-refractivity contribution in [3.63, 3.8) is 0 Å². The van der Waals surface area contributed by atoms with E-state index in [9.17, 15) is 5.11 Å². The van der Waals surface area contributed by atoms with Crippen molar-refractivity contribution < 1.29 is 9.84 Å². The number of aryl methyl sites for hydroxylation is 1. The Labute approximate surface area is 137 Å². The normalized spacial score (nSPS) is 13.1. The number of nitriles is 1. The van der Waals surface area contributed by atoms with Crippen molar-refractivity contribution in [3.8, 4) is 11.8 Å². The van der Waals surface area contributed by atoms with Crippen molar-refractivity contribution in [2.45, 2.75) is 26.0 Å². The molecule has 0 bridgehead atoms. The highest BCUT2D eigenvalue weighted by Crippen LogP contribution is 2.14. The monoisotopic (exact) mass is 310 g/mol. The fraction of sp³-hybridized carbons (Fsp3) is 0.316. The Hall–Kier alpha value is -2.35. The van der Waals surface area contributed by atoms with Gasteiger partial charge in [0, 0.05) is 12.6 Å². The molecule has 4 nitrogen and oxygen atoms in total. The summed E-state index contributed by atoms with van der Waals surface area (Å²) in [4.78, 5) is 0. The topological polar surface area (TPSA) is 65.3 Å². The zero-order valence-corrected chi connectivity index (χ0v) is 13.5. The molecule has 2 unspecified atom stereocenters. The van der Waals surface area contributed by atoms with Crippen LogP contribution in [0.25, 0.3) is 0 Å². The van der Waals surface area contributed by atoms with E-state index in [1.54, 1.807) is 12.1 Å². The van der Waals surface area contributed by atoms with E-state index in [4.69, 9.17) is 10.00 Å². The van der Waals surface area contributed by atoms with Gasteiger partial charge in [-0.2, -0.15) is 5.26 Å². The van der Waals surface area contributed by atoms with Gasteiger partial charge in [0.1, 0.15) is 18.5 Å². The van der Waals surface area contributed by atoms with Crippen molar-refractivity contribution in [1.29, 1.82) is 5.26 Å². The van der Waals surface area contributed by atoms with Gasteiger partial charge in [0.25, 0.3) is 0 Å². The SMILES string of the molecule is Cc1ccc(OCC(O)CNC(C)c2ccc(C#N)cc2)cc1. The molecular formula is C19H22N2O2. The van der Waals surface area contributed by atoms with Gasteiger partial charge < -0.3 is 15.2 Å². The molecule has 0 aliphatic rings. The number of hydrogen-bond donors (Lipinski definition) is 2. The smallest absolute Gasteiger partial charge is 0.119 e. The first-order valence-corrected chi connectivity index (χ1v) is 7.69. The maximum atomic E-state index is 10.0. The predicted molar refractivity (Wildman–Crippen MR) is 90.3 cm³/mol. The number of nitrogens with one attached hydrogen (secondary N) is 1. The van der Waals surface area contributed by atoms with E-state index < -0.39 is 6.10 Å². The van der Waals surface area contributed by atoms with E-state index >= 15 is 0 Å². The predicted octanol–water partition coefficient (Wildman–Crippen LogP) is 2.96. The van der Waals surface area contributed by atoms with Crippen LogP contribution in [0.1, 0.15) is 29.7 Å². The lowest BCUT2D eigenvalue weighted by molar-refractivity contribution is 0.104. The van der Waals surface area contributed by atoms with Crippen LogP contribution in [0.5, 0.6) is 5.75 Å². The molecule has 2 atom stereocenters. The standard InChI is InChI=1S/C19H22N2O2/c1-14-3-9-19(10-4-14)23-13-18(22)12-21-15(2)17-7-5-16(11-20)6-8-17/h3-10,15,18,21-22H,12-13H2,1-2H3. The van der Waals surface area contributed by atoms with Gasteiger partial charge in [0.15, 0.2) is 0 Å². The lowest BCUT2D eigenvalue weighted by Crippen LogP contribution is -2.33. The number of rotatable bonds is 7. The molecule has 0 aliphatic heterocycles. The zero-order valence-electron chi connectivity index (χ0n) is 13.5. The third-order valence-corrected chi connectivity index (χ3v) is 3.66. The van der Waals surface area contributed by atoms with Crippen molar-refractivity contribution in [2.75, 3.05) is 13.2 Å². The molecule has 2 rings (SSSR count). The average Bonchev–Trinajstić information content (AvgIpc) is 2.59. The van der Waals surface area contributed by atoms with Crippen LogP contribution in [0.15, 0.2) is 48.5 Å². The van der Waals surface area contributed by atoms with Crippen molar-refractivity contribution in [3.05, 3.63) is 65.2 Å². The van der Waals surface area contributed by atoms with Gasteiger partial charge >= 0.3 is 0 Å². The summed E-state index contributed by atoms with van der Waals surface area (Å²) in [5.74, 6) is 0.759. The first-order chi connectivity index (χ1) is 11.1. The second-order valence-electron chi connectivity index (χ2n) is 5.64. The number of nitrogens with zero attached hydrogens (tertiary/aromatic N) is 1. The number of hydrogen-bond acceptors (Lipinski definition) is 4. The molecular weight excluding hydrogens is 288 g/mol. The molecule has 4 heteroatoms. The first kappa shape index (κ1) is 17.0. The highest BCUT2D eigenvalue weighted by molar-refractivity contribution is 5.32. The highest BCUT2D eigenvalue weighted by Gasteiger charge is 2.09. The minimum Gasteiger partial charge on any atom is -0.491 e. The molecule has 0 saturated carbocycles. The maximum Gasteiger partial charge on any atom is 0.119 e. The number of aliphatic hydroxyl groups excluding tert-OH is 1. The Bertz CT molecular complexity index is 645. The summed E-state index contributed by atoms with van der Waals surface area (Å²) in [5, 5.41) is 22.1. The van der Waals surface area contributed by atoms with Crippen LogP contribution < -0.4 is 10.1 Å². The van der Waals surface area contributed by atoms with Gasteiger partial charge in [-0.3, -0.25) is 0 Å². The van der Waals surface area contributed by atoms with Gasteiger partial charge in [-0.25, -0.2) is 0 Å². The average molecular weight is 310 g/mol. The molecule has 120 valence electrons. The summed E-state index contributed by atoms with van der Waals surface area (Å²) in [6, 6.07) is 17.4. The molecule has 0 aromatic heterocycles. The molecule has 2 aromatic carbocycles. The fourth-order valence-electron chi connectivity index (χ4n) is 2.16. The molecule has 0 radical (unpaired) electrons. The summed E-state index contributed by atoms with van der Waals surface area (Å²) in [6.07, 6.45) is -0.586. The zero-order chi connectivity index (χ0) is 16.7. The second-order valence-corrected chi connectivity index (χ2v) is 5.64. The molecule has 23 heavy (non-hydrogen) atoms. The van der Waals surface area contributed by atoms with Crippen molar-refractivity contribution in [2.24, 2.45) is 0 Å². The molecule has 0 saturated heterocycles. The fourth-order valence-corrected chi connectivity index (χ4v) is 2.16. The molecule has 2 N–H and O–H groups in total. The van der Waals surface area contributed by atoms with E-state index in [2.05, 4.69) is 11.4 Å². The van der Waals surface area contributed by atoms with Crippen LogP contribution in [0.4, 0.5) is 0 Å². The lowest BCUT2D eigenvalue weighted by Gasteiger charge is -2.18. The van der Waals surface area contributed by atoms with Crippen LogP contribution in [-0.4, -0.2) is 24.4 Å². The molecule has 0 fully saturated rings. The van der Waals surface area contributed by atoms with Crippen molar-refractivity contribution >= 4 is 0 Å². The third-order valence-electron chi connectivity index (χ3n) is 3.66. The molecule has 2 aromatic rings. The number of benzene rings is 2. The molecule has 0 heterocycles. The summed E-state index contributed by atoms with van der Waals surface area (Å²) >= 11 is 0. The first-order valence-electron chi connectivity index (χ1n) is 7.69. The minimum absolute atomic E-state index is 0.0942. The van der Waals surface area contributed by atoms with Crippen LogP contribution in [-0.2, 0) is 0 Å². The Balaban J connectivity index is 1.75. The number of ether oxygens (including phenoxy) is 1. The van der Waals surface area contributed by atoms with E-state index in [0.717, 1.165) is 11.3 Å². The quantitative estimate of drug-likeness (QED) is 0.825. The Morgan fingerprint density at radius 3 is 2.39 bits per heavy atom. The van der Waals surface area contributed by atoms with Crippen LogP contribution in [0.3, 0.4) is 0 Å². The summed E-state index contributed by atoms with van der Waals surface area (Å²) in [5.41, 5.74) is 2.90. The molecule has 0 amide bonds. The van der Waals surface area contributed by atoms with Gasteiger partial charge in [0.05, 0.1) is 11.6 Å². The summed E-state index contributed by atoms with van der Waals surface area (Å²) in [7, 11) is 0. The third kappa shape index (κ3) is 5.41. The summed E-state index contributed by atoms with van der Waals surface area (Å²) < 4.78 is 5.57. The highest BCUT2D eigenvalue weighted by atomic mass is 16.5. The largest absolute Gasteiger partial charge is 0.491 e. The Morgan fingerprint density at radius 1 is 1.13 bits per heavy atom. The minimum atomic E-state index is -0.586. The van der Waals surface area contributed by atoms with Crippen molar-refractivity contribution in [1.82, 2.24) is 5.32 Å². The van der Waals surface area contributed by atoms with E-state index in [0.29, 0.717) is 12.1 Å². The maximum absolute atomic E-state index is 10.0. The van der Waals surface area contributed by atoms with E-state index in [1.165, 1.54) is 5.56 Å². The van der Waals surface area contributed by atoms with E-state index in [-0.39, 0.29) is 12.6 Å². The van der Waals surface area contributed by atoms with E-state index in [1.807, 2.05) is 50.2 Å². The van der Waals surface area contributed by atoms with Gasteiger partial charge in [0.2, 0.25) is 0 Å². The summed E-state index contributed by atoms with van der Waals surface area (Å²) in [6.45, 7) is 4.73. The van der Waals surface area contributed by atoms with Crippen LogP contribution in [0.2, 0.25) is 0 Å². The Morgan fingerprint density at radius 2 is 1.78 bits per heavy atom. The second kappa shape index (κ2) is 8.33. The van der Waals surface area contributed by atoms with Crippen LogP contribution in [0, 0.1) is 18.3 Å². The van der Waals surface area contributed by atoms with Gasteiger partial charge in [-0.05, 0) is 43.7 Å². The number of aliphatic hydroxyl groups is 1. The van der Waals surface area contributed by atoms with Gasteiger partial charge in [-0.15, -0.1) is 0 Å². The van der Waals surface area contributed by atoms with Crippen LogP contribution >= 0.6 is 0 Å². The Kier molecular flexibility index (Phi) is 6.16. The molecule has 0 aliphatic carbocycles. The lowest BCUT2D eigenvalue weighted by atomic mass is 10.1. The van der Waals surface area contributed by atoms with Gasteiger partial charge in [-0.1, -0.05) is 29.8 Å². The molecule has 0 spiro atoms.